The van der Waals surface area contributed by atoms with Crippen LogP contribution in [0.5, 0.6) is 0 Å². The Hall–Kier alpha value is -0.470. The Morgan fingerprint density at radius 2 is 1.33 bits per heavy atom. The molecule has 0 aliphatic rings. The van der Waals surface area contributed by atoms with Gasteiger partial charge in [-0.05, 0) is 0 Å². The van der Waals surface area contributed by atoms with Crippen LogP contribution < -0.4 is 5.30 Å². The normalized spacial score (nSPS) is 15.8. The Morgan fingerprint density at radius 3 is 1.67 bits per heavy atom. The molecular formula is C11H19O3P. The predicted octanol–water partition coefficient (Wildman–Crippen LogP) is 1.69. The van der Waals surface area contributed by atoms with Crippen LogP contribution in [-0.2, 0) is 0 Å². The molecule has 0 aromatic heterocycles. The van der Waals surface area contributed by atoms with E-state index in [9.17, 15) is 14.7 Å². The van der Waals surface area contributed by atoms with Crippen LogP contribution in [0.3, 0.4) is 0 Å². The number of aryl methyl sites for hydroxylation is 1. The molecule has 0 fully saturated rings. The average Bonchev–Trinajstić information content (AvgIpc) is 2.01. The fourth-order valence-corrected chi connectivity index (χ4v) is 2.68. The number of hydrogen-bond donors (Lipinski definition) is 3. The third-order valence-electron chi connectivity index (χ3n) is 2.74. The standard InChI is InChI=1S/C11H19O3P/c1-9-5-7-10(8-6-9)15(12,13,14)11(2,3)4/h5-8,12-14H,1-4H3. The molecule has 1 aromatic rings. The molecule has 0 aliphatic carbocycles. The first-order chi connectivity index (χ1) is 6.53. The van der Waals surface area contributed by atoms with E-state index in [1.807, 2.05) is 6.92 Å². The molecule has 0 atom stereocenters. The molecule has 0 radical (unpaired) electrons. The predicted molar refractivity (Wildman–Crippen MR) is 64.1 cm³/mol. The van der Waals surface area contributed by atoms with Crippen molar-refractivity contribution in [1.82, 2.24) is 0 Å². The molecule has 0 aliphatic heterocycles. The van der Waals surface area contributed by atoms with Gasteiger partial charge in [-0.2, -0.15) is 0 Å². The van der Waals surface area contributed by atoms with Crippen LogP contribution in [0.4, 0.5) is 0 Å². The first kappa shape index (κ1) is 12.6. The van der Waals surface area contributed by atoms with E-state index in [1.54, 1.807) is 45.0 Å². The first-order valence-electron chi connectivity index (χ1n) is 4.87. The van der Waals surface area contributed by atoms with Gasteiger partial charge in [-0.25, -0.2) is 0 Å². The Morgan fingerprint density at radius 1 is 0.933 bits per heavy atom. The van der Waals surface area contributed by atoms with Gasteiger partial charge in [0.05, 0.1) is 0 Å². The molecule has 0 saturated heterocycles. The minimum atomic E-state index is -4.78. The van der Waals surface area contributed by atoms with E-state index in [0.717, 1.165) is 5.56 Å². The third-order valence-corrected chi connectivity index (χ3v) is 6.46. The molecule has 3 nitrogen and oxygen atoms in total. The Kier molecular flexibility index (Phi) is 2.74. The topological polar surface area (TPSA) is 60.7 Å². The van der Waals surface area contributed by atoms with E-state index in [4.69, 9.17) is 0 Å². The second-order valence-corrected chi connectivity index (χ2v) is 8.80. The Bertz CT molecular complexity index is 354. The van der Waals surface area contributed by atoms with Crippen LogP contribution in [0.25, 0.3) is 0 Å². The minimum absolute atomic E-state index is 0.208. The molecule has 1 aromatic carbocycles. The van der Waals surface area contributed by atoms with Crippen molar-refractivity contribution in [2.75, 3.05) is 0 Å². The maximum atomic E-state index is 10.1. The summed E-state index contributed by atoms with van der Waals surface area (Å²) in [4.78, 5) is 30.4. The second kappa shape index (κ2) is 3.26. The second-order valence-electron chi connectivity index (χ2n) is 4.99. The zero-order valence-corrected chi connectivity index (χ0v) is 10.5. The van der Waals surface area contributed by atoms with Gasteiger partial charge in [-0.1, -0.05) is 0 Å². The summed E-state index contributed by atoms with van der Waals surface area (Å²) in [7, 11) is -4.78. The summed E-state index contributed by atoms with van der Waals surface area (Å²) in [6.07, 6.45) is 0. The molecule has 4 heteroatoms. The van der Waals surface area contributed by atoms with Crippen molar-refractivity contribution in [3.05, 3.63) is 29.8 Å². The van der Waals surface area contributed by atoms with Crippen LogP contribution in [-0.4, -0.2) is 19.8 Å². The van der Waals surface area contributed by atoms with E-state index < -0.39 is 12.4 Å². The van der Waals surface area contributed by atoms with Crippen LogP contribution in [0.2, 0.25) is 0 Å². The van der Waals surface area contributed by atoms with Crippen molar-refractivity contribution in [3.63, 3.8) is 0 Å². The van der Waals surface area contributed by atoms with Gasteiger partial charge in [-0.15, -0.1) is 0 Å². The molecule has 15 heavy (non-hydrogen) atoms. The number of rotatable bonds is 1. The summed E-state index contributed by atoms with van der Waals surface area (Å²) < 4.78 is 0. The van der Waals surface area contributed by atoms with Gasteiger partial charge >= 0.3 is 89.9 Å². The summed E-state index contributed by atoms with van der Waals surface area (Å²) in [5.74, 6) is 0. The summed E-state index contributed by atoms with van der Waals surface area (Å²) in [5.41, 5.74) is 1.01. The molecule has 1 rings (SSSR count). The van der Waals surface area contributed by atoms with Crippen molar-refractivity contribution in [1.29, 1.82) is 0 Å². The Balaban J connectivity index is 3.33. The van der Waals surface area contributed by atoms with Crippen molar-refractivity contribution < 1.29 is 14.7 Å². The van der Waals surface area contributed by atoms with Gasteiger partial charge in [0.25, 0.3) is 0 Å². The van der Waals surface area contributed by atoms with E-state index in [1.165, 1.54) is 0 Å². The van der Waals surface area contributed by atoms with Crippen molar-refractivity contribution >= 4 is 12.6 Å². The van der Waals surface area contributed by atoms with Gasteiger partial charge in [0.15, 0.2) is 0 Å². The monoisotopic (exact) mass is 230 g/mol. The fourth-order valence-electron chi connectivity index (χ4n) is 1.21. The van der Waals surface area contributed by atoms with Crippen LogP contribution in [0, 0.1) is 6.92 Å². The number of benzene rings is 1. The van der Waals surface area contributed by atoms with E-state index in [-0.39, 0.29) is 5.30 Å². The Labute approximate surface area is 90.6 Å². The SMILES string of the molecule is Cc1ccc(P(O)(O)(O)C(C)(C)C)cc1. The quantitative estimate of drug-likeness (QED) is 0.643. The van der Waals surface area contributed by atoms with Crippen LogP contribution in [0.1, 0.15) is 26.3 Å². The van der Waals surface area contributed by atoms with E-state index in [2.05, 4.69) is 0 Å². The molecule has 86 valence electrons. The van der Waals surface area contributed by atoms with E-state index in [0.29, 0.717) is 0 Å². The van der Waals surface area contributed by atoms with Gasteiger partial charge in [0.2, 0.25) is 0 Å². The molecule has 0 bridgehead atoms. The van der Waals surface area contributed by atoms with Gasteiger partial charge in [-0.3, -0.25) is 0 Å². The third kappa shape index (κ3) is 2.06. The zero-order valence-electron chi connectivity index (χ0n) is 9.60. The molecule has 0 saturated carbocycles. The summed E-state index contributed by atoms with van der Waals surface area (Å²) >= 11 is 0. The van der Waals surface area contributed by atoms with Gasteiger partial charge in [0.1, 0.15) is 0 Å². The summed E-state index contributed by atoms with van der Waals surface area (Å²) in [5, 5.41) is -0.764. The fraction of sp³-hybridized carbons (Fsp3) is 0.455. The molecular weight excluding hydrogens is 211 g/mol. The van der Waals surface area contributed by atoms with Crippen molar-refractivity contribution in [2.45, 2.75) is 32.9 Å². The average molecular weight is 230 g/mol. The summed E-state index contributed by atoms with van der Waals surface area (Å²) in [6, 6.07) is 6.65. The molecule has 0 spiro atoms. The molecule has 3 N–H and O–H groups in total. The van der Waals surface area contributed by atoms with Crippen LogP contribution in [0.15, 0.2) is 24.3 Å². The molecule has 0 amide bonds. The van der Waals surface area contributed by atoms with Gasteiger partial charge < -0.3 is 0 Å². The van der Waals surface area contributed by atoms with Crippen LogP contribution >= 0.6 is 7.28 Å². The van der Waals surface area contributed by atoms with E-state index >= 15 is 0 Å². The first-order valence-corrected chi connectivity index (χ1v) is 6.96. The molecule has 0 heterocycles. The van der Waals surface area contributed by atoms with Crippen molar-refractivity contribution in [3.8, 4) is 0 Å². The number of hydrogen-bond acceptors (Lipinski definition) is 3. The maximum absolute atomic E-state index is 10.1. The van der Waals surface area contributed by atoms with Crippen molar-refractivity contribution in [2.24, 2.45) is 0 Å². The molecule has 0 unspecified atom stereocenters. The van der Waals surface area contributed by atoms with Gasteiger partial charge in [0, 0.05) is 0 Å². The summed E-state index contributed by atoms with van der Waals surface area (Å²) in [6.45, 7) is 6.75. The zero-order chi connectivity index (χ0) is 11.9.